The van der Waals surface area contributed by atoms with E-state index in [9.17, 15) is 4.79 Å². The minimum Gasteiger partial charge on any atom is -0.478 e. The number of carbonyl (C=O) groups is 1. The lowest BCUT2D eigenvalue weighted by molar-refractivity contribution is 0.0697. The molecule has 2 aromatic carbocycles. The van der Waals surface area contributed by atoms with Crippen molar-refractivity contribution in [3.63, 3.8) is 0 Å². The molecule has 4 nitrogen and oxygen atoms in total. The zero-order chi connectivity index (χ0) is 14.8. The monoisotopic (exact) mass is 318 g/mol. The molecule has 0 aliphatic rings. The Bertz CT molecular complexity index is 802. The Hall–Kier alpha value is -2.11. The maximum absolute atomic E-state index is 11.0. The first-order valence-electron chi connectivity index (χ1n) is 6.24. The number of benzene rings is 2. The summed E-state index contributed by atoms with van der Waals surface area (Å²) in [5.74, 6) is -0.994. The summed E-state index contributed by atoms with van der Waals surface area (Å²) in [7, 11) is 0. The zero-order valence-corrected chi connectivity index (χ0v) is 12.4. The molecule has 0 amide bonds. The van der Waals surface area contributed by atoms with E-state index in [0.717, 1.165) is 15.4 Å². The number of thiazole rings is 1. The first kappa shape index (κ1) is 13.9. The van der Waals surface area contributed by atoms with Crippen LogP contribution in [0.3, 0.4) is 0 Å². The third kappa shape index (κ3) is 2.99. The van der Waals surface area contributed by atoms with Crippen LogP contribution < -0.4 is 5.32 Å². The van der Waals surface area contributed by atoms with E-state index >= 15 is 0 Å². The number of aromatic nitrogens is 1. The number of fused-ring (bicyclic) bond motifs is 1. The van der Waals surface area contributed by atoms with E-state index in [1.165, 1.54) is 17.4 Å². The highest BCUT2D eigenvalue weighted by atomic mass is 35.5. The average molecular weight is 319 g/mol. The molecule has 1 aromatic heterocycles. The molecule has 0 aliphatic heterocycles. The Morgan fingerprint density at radius 2 is 2.05 bits per heavy atom. The van der Waals surface area contributed by atoms with Gasteiger partial charge >= 0.3 is 5.97 Å². The molecule has 106 valence electrons. The summed E-state index contributed by atoms with van der Waals surface area (Å²) in [5, 5.41) is 13.3. The van der Waals surface area contributed by atoms with Crippen molar-refractivity contribution in [1.29, 1.82) is 0 Å². The molecular weight excluding hydrogens is 308 g/mol. The first-order chi connectivity index (χ1) is 10.1. The van der Waals surface area contributed by atoms with Gasteiger partial charge in [0.05, 0.1) is 15.3 Å². The summed E-state index contributed by atoms with van der Waals surface area (Å²) in [6.07, 6.45) is 0. The van der Waals surface area contributed by atoms with Crippen molar-refractivity contribution < 1.29 is 9.90 Å². The fourth-order valence-corrected chi connectivity index (χ4v) is 3.21. The van der Waals surface area contributed by atoms with Crippen LogP contribution in [-0.2, 0) is 6.54 Å². The maximum atomic E-state index is 11.0. The summed E-state index contributed by atoms with van der Waals surface area (Å²) in [6.45, 7) is 0.657. The minimum absolute atomic E-state index is 0.172. The van der Waals surface area contributed by atoms with Crippen molar-refractivity contribution in [1.82, 2.24) is 4.98 Å². The number of carboxylic acid groups (broad SMARTS) is 1. The molecule has 3 aromatic rings. The van der Waals surface area contributed by atoms with Crippen LogP contribution >= 0.6 is 22.9 Å². The number of rotatable bonds is 4. The van der Waals surface area contributed by atoms with Crippen LogP contribution in [0.4, 0.5) is 5.13 Å². The van der Waals surface area contributed by atoms with Crippen LogP contribution in [0, 0.1) is 0 Å². The average Bonchev–Trinajstić information content (AvgIpc) is 2.90. The Labute approximate surface area is 130 Å². The summed E-state index contributed by atoms with van der Waals surface area (Å²) in [6, 6.07) is 13.0. The van der Waals surface area contributed by atoms with Gasteiger partial charge in [0.25, 0.3) is 0 Å². The molecule has 6 heteroatoms. The molecule has 0 aliphatic carbocycles. The van der Waals surface area contributed by atoms with Gasteiger partial charge in [0.15, 0.2) is 5.13 Å². The maximum Gasteiger partial charge on any atom is 0.335 e. The van der Waals surface area contributed by atoms with E-state index in [1.807, 2.05) is 30.3 Å². The van der Waals surface area contributed by atoms with E-state index < -0.39 is 5.97 Å². The number of hydrogen-bond acceptors (Lipinski definition) is 4. The van der Waals surface area contributed by atoms with Gasteiger partial charge in [-0.2, -0.15) is 0 Å². The van der Waals surface area contributed by atoms with Crippen LogP contribution in [0.1, 0.15) is 15.9 Å². The molecule has 0 spiro atoms. The van der Waals surface area contributed by atoms with Gasteiger partial charge in [-0.3, -0.25) is 0 Å². The Kier molecular flexibility index (Phi) is 3.77. The second-order valence-corrected chi connectivity index (χ2v) is 5.91. The van der Waals surface area contributed by atoms with Crippen molar-refractivity contribution in [2.75, 3.05) is 5.32 Å². The molecule has 0 saturated carbocycles. The lowest BCUT2D eigenvalue weighted by atomic mass is 10.2. The van der Waals surface area contributed by atoms with E-state index in [2.05, 4.69) is 10.3 Å². The van der Waals surface area contributed by atoms with Crippen LogP contribution in [0.2, 0.25) is 5.02 Å². The molecule has 0 saturated heterocycles. The van der Waals surface area contributed by atoms with Gasteiger partial charge in [-0.15, -0.1) is 0 Å². The van der Waals surface area contributed by atoms with Gasteiger partial charge in [0, 0.05) is 6.54 Å². The smallest absolute Gasteiger partial charge is 0.335 e. The molecule has 1 heterocycles. The lowest BCUT2D eigenvalue weighted by Gasteiger charge is -2.01. The molecule has 3 rings (SSSR count). The molecule has 0 fully saturated rings. The lowest BCUT2D eigenvalue weighted by Crippen LogP contribution is -1.98. The number of hydrogen-bond donors (Lipinski definition) is 2. The summed E-state index contributed by atoms with van der Waals surface area (Å²) in [4.78, 5) is 15.4. The molecule has 0 unspecified atom stereocenters. The molecule has 0 bridgehead atoms. The summed E-state index contributed by atoms with van der Waals surface area (Å²) >= 11 is 7.48. The quantitative estimate of drug-likeness (QED) is 0.754. The second-order valence-electron chi connectivity index (χ2n) is 4.47. The number of carboxylic acids is 1. The SMILES string of the molecule is O=C(O)c1cc(Cl)c2nc(NCc3ccccc3)sc2c1. The Balaban J connectivity index is 1.87. The number of nitrogens with zero attached hydrogens (tertiary/aromatic N) is 1. The number of halogens is 1. The van der Waals surface area contributed by atoms with Gasteiger partial charge in [-0.1, -0.05) is 53.3 Å². The number of anilines is 1. The highest BCUT2D eigenvalue weighted by Gasteiger charge is 2.12. The van der Waals surface area contributed by atoms with E-state index in [4.69, 9.17) is 16.7 Å². The van der Waals surface area contributed by atoms with Crippen molar-refractivity contribution in [3.05, 3.63) is 58.6 Å². The highest BCUT2D eigenvalue weighted by Crippen LogP contribution is 2.32. The molecule has 0 atom stereocenters. The molecule has 21 heavy (non-hydrogen) atoms. The van der Waals surface area contributed by atoms with E-state index in [1.54, 1.807) is 6.07 Å². The van der Waals surface area contributed by atoms with Crippen molar-refractivity contribution in [3.8, 4) is 0 Å². The fourth-order valence-electron chi connectivity index (χ4n) is 1.96. The minimum atomic E-state index is -0.994. The van der Waals surface area contributed by atoms with E-state index in [0.29, 0.717) is 17.1 Å². The van der Waals surface area contributed by atoms with Crippen molar-refractivity contribution in [2.24, 2.45) is 0 Å². The zero-order valence-electron chi connectivity index (χ0n) is 10.8. The molecule has 0 radical (unpaired) electrons. The van der Waals surface area contributed by atoms with Crippen LogP contribution in [-0.4, -0.2) is 16.1 Å². The largest absolute Gasteiger partial charge is 0.478 e. The van der Waals surface area contributed by atoms with Crippen LogP contribution in [0.5, 0.6) is 0 Å². The van der Waals surface area contributed by atoms with Gasteiger partial charge in [0.1, 0.15) is 5.52 Å². The van der Waals surface area contributed by atoms with Crippen molar-refractivity contribution in [2.45, 2.75) is 6.54 Å². The first-order valence-corrected chi connectivity index (χ1v) is 7.44. The fraction of sp³-hybridized carbons (Fsp3) is 0.0667. The summed E-state index contributed by atoms with van der Waals surface area (Å²) in [5.41, 5.74) is 1.95. The standard InChI is InChI=1S/C15H11ClN2O2S/c16-11-6-10(14(19)20)7-12-13(11)18-15(21-12)17-8-9-4-2-1-3-5-9/h1-7H,8H2,(H,17,18)(H,19,20). The van der Waals surface area contributed by atoms with E-state index in [-0.39, 0.29) is 5.56 Å². The predicted molar refractivity (Wildman–Crippen MR) is 85.4 cm³/mol. The third-order valence-corrected chi connectivity index (χ3v) is 4.23. The summed E-state index contributed by atoms with van der Waals surface area (Å²) < 4.78 is 0.760. The normalized spacial score (nSPS) is 10.7. The second kappa shape index (κ2) is 5.71. The predicted octanol–water partition coefficient (Wildman–Crippen LogP) is 4.26. The van der Waals surface area contributed by atoms with Gasteiger partial charge in [-0.25, -0.2) is 9.78 Å². The van der Waals surface area contributed by atoms with Crippen molar-refractivity contribution >= 4 is 44.3 Å². The molecular formula is C15H11ClN2O2S. The Morgan fingerprint density at radius 1 is 1.29 bits per heavy atom. The third-order valence-electron chi connectivity index (χ3n) is 2.98. The Morgan fingerprint density at radius 3 is 2.76 bits per heavy atom. The van der Waals surface area contributed by atoms with Crippen LogP contribution in [0.15, 0.2) is 42.5 Å². The van der Waals surface area contributed by atoms with Gasteiger partial charge < -0.3 is 10.4 Å². The highest BCUT2D eigenvalue weighted by molar-refractivity contribution is 7.22. The topological polar surface area (TPSA) is 62.2 Å². The number of aromatic carboxylic acids is 1. The van der Waals surface area contributed by atoms with Gasteiger partial charge in [0.2, 0.25) is 0 Å². The van der Waals surface area contributed by atoms with Gasteiger partial charge in [-0.05, 0) is 17.7 Å². The number of nitrogens with one attached hydrogen (secondary N) is 1. The van der Waals surface area contributed by atoms with Crippen LogP contribution in [0.25, 0.3) is 10.2 Å². The molecule has 2 N–H and O–H groups in total.